The van der Waals surface area contributed by atoms with Gasteiger partial charge in [0.1, 0.15) is 5.82 Å². The van der Waals surface area contributed by atoms with Crippen LogP contribution < -0.4 is 5.73 Å². The molecule has 1 aromatic rings. The monoisotopic (exact) mass is 266 g/mol. The minimum atomic E-state index is -0.230. The Kier molecular flexibility index (Phi) is 4.65. The van der Waals surface area contributed by atoms with E-state index >= 15 is 0 Å². The molecule has 2 heterocycles. The molecule has 1 fully saturated rings. The molecule has 1 saturated heterocycles. The standard InChI is InChI=1S/C13H22N4O2/c1-2-3-8-19-13(18)17-7-5-4-6-11(17)10-9-12(14)16-15-10/h9,11H,2-8H2,1H3,(H3,14,15,16)/t11-/m0/s1. The molecule has 0 unspecified atom stereocenters. The first-order valence-corrected chi connectivity index (χ1v) is 6.96. The van der Waals surface area contributed by atoms with Crippen LogP contribution in [0.3, 0.4) is 0 Å². The highest BCUT2D eigenvalue weighted by Crippen LogP contribution is 2.30. The quantitative estimate of drug-likeness (QED) is 0.820. The van der Waals surface area contributed by atoms with Gasteiger partial charge in [-0.05, 0) is 25.7 Å². The van der Waals surface area contributed by atoms with E-state index in [0.29, 0.717) is 12.4 Å². The average Bonchev–Trinajstić information content (AvgIpc) is 2.85. The lowest BCUT2D eigenvalue weighted by molar-refractivity contribution is 0.0710. The molecule has 1 aliphatic heterocycles. The Morgan fingerprint density at radius 3 is 3.16 bits per heavy atom. The number of unbranched alkanes of at least 4 members (excludes halogenated alkanes) is 1. The molecule has 2 rings (SSSR count). The first kappa shape index (κ1) is 13.7. The summed E-state index contributed by atoms with van der Waals surface area (Å²) in [6, 6.07) is 1.80. The number of nitrogen functional groups attached to an aromatic ring is 1. The van der Waals surface area contributed by atoms with Crippen LogP contribution in [0.1, 0.15) is 50.8 Å². The molecule has 106 valence electrons. The van der Waals surface area contributed by atoms with Gasteiger partial charge in [0.25, 0.3) is 0 Å². The van der Waals surface area contributed by atoms with E-state index in [1.54, 1.807) is 11.0 Å². The molecule has 0 spiro atoms. The predicted octanol–water partition coefficient (Wildman–Crippen LogP) is 2.46. The number of nitrogens with two attached hydrogens (primary N) is 1. The fraction of sp³-hybridized carbons (Fsp3) is 0.692. The van der Waals surface area contributed by atoms with Crippen LogP contribution in [0.2, 0.25) is 0 Å². The molecule has 0 aromatic carbocycles. The van der Waals surface area contributed by atoms with E-state index in [-0.39, 0.29) is 12.1 Å². The number of hydrogen-bond acceptors (Lipinski definition) is 4. The number of ether oxygens (including phenoxy) is 1. The van der Waals surface area contributed by atoms with E-state index in [1.165, 1.54) is 0 Å². The number of aromatic nitrogens is 2. The maximum Gasteiger partial charge on any atom is 0.410 e. The van der Waals surface area contributed by atoms with Crippen molar-refractivity contribution >= 4 is 11.9 Å². The third-order valence-corrected chi connectivity index (χ3v) is 3.44. The van der Waals surface area contributed by atoms with Crippen molar-refractivity contribution in [3.8, 4) is 0 Å². The Balaban J connectivity index is 2.01. The molecule has 1 aromatic heterocycles. The van der Waals surface area contributed by atoms with E-state index < -0.39 is 0 Å². The molecule has 1 amide bonds. The minimum Gasteiger partial charge on any atom is -0.449 e. The number of nitrogens with one attached hydrogen (secondary N) is 1. The molecule has 3 N–H and O–H groups in total. The number of carbonyl (C=O) groups excluding carboxylic acids is 1. The zero-order valence-electron chi connectivity index (χ0n) is 11.4. The number of anilines is 1. The van der Waals surface area contributed by atoms with E-state index in [0.717, 1.165) is 44.3 Å². The molecule has 0 bridgehead atoms. The van der Waals surface area contributed by atoms with Gasteiger partial charge < -0.3 is 10.5 Å². The third kappa shape index (κ3) is 3.39. The van der Waals surface area contributed by atoms with E-state index in [4.69, 9.17) is 10.5 Å². The van der Waals surface area contributed by atoms with Crippen molar-refractivity contribution < 1.29 is 9.53 Å². The highest BCUT2D eigenvalue weighted by molar-refractivity contribution is 5.68. The largest absolute Gasteiger partial charge is 0.449 e. The molecular weight excluding hydrogens is 244 g/mol. The predicted molar refractivity (Wildman–Crippen MR) is 72.6 cm³/mol. The molecule has 19 heavy (non-hydrogen) atoms. The van der Waals surface area contributed by atoms with Crippen molar-refractivity contribution in [2.75, 3.05) is 18.9 Å². The number of likely N-dealkylation sites (tertiary alicyclic amines) is 1. The maximum atomic E-state index is 12.1. The lowest BCUT2D eigenvalue weighted by Gasteiger charge is -2.34. The lowest BCUT2D eigenvalue weighted by atomic mass is 10.00. The number of carbonyl (C=O) groups is 1. The second-order valence-electron chi connectivity index (χ2n) is 4.92. The van der Waals surface area contributed by atoms with Gasteiger partial charge in [-0.2, -0.15) is 5.10 Å². The smallest absolute Gasteiger partial charge is 0.410 e. The zero-order valence-corrected chi connectivity index (χ0v) is 11.4. The van der Waals surface area contributed by atoms with Crippen LogP contribution in [0, 0.1) is 0 Å². The summed E-state index contributed by atoms with van der Waals surface area (Å²) in [7, 11) is 0. The van der Waals surface area contributed by atoms with E-state index in [9.17, 15) is 4.79 Å². The van der Waals surface area contributed by atoms with Gasteiger partial charge in [0, 0.05) is 12.6 Å². The van der Waals surface area contributed by atoms with E-state index in [2.05, 4.69) is 17.1 Å². The highest BCUT2D eigenvalue weighted by atomic mass is 16.6. The van der Waals surface area contributed by atoms with Gasteiger partial charge in [-0.25, -0.2) is 4.79 Å². The first-order chi connectivity index (χ1) is 9.22. The van der Waals surface area contributed by atoms with Gasteiger partial charge in [-0.3, -0.25) is 10.00 Å². The normalized spacial score (nSPS) is 19.4. The number of H-pyrrole nitrogens is 1. The second kappa shape index (κ2) is 6.45. The molecule has 6 nitrogen and oxygen atoms in total. The molecule has 0 radical (unpaired) electrons. The summed E-state index contributed by atoms with van der Waals surface area (Å²) < 4.78 is 5.30. The van der Waals surface area contributed by atoms with Crippen LogP contribution in [-0.2, 0) is 4.74 Å². The van der Waals surface area contributed by atoms with Crippen molar-refractivity contribution in [1.29, 1.82) is 0 Å². The Hall–Kier alpha value is -1.72. The summed E-state index contributed by atoms with van der Waals surface area (Å²) in [5, 5.41) is 6.84. The number of amides is 1. The molecule has 6 heteroatoms. The van der Waals surface area contributed by atoms with Gasteiger partial charge in [0.15, 0.2) is 0 Å². The second-order valence-corrected chi connectivity index (χ2v) is 4.92. The van der Waals surface area contributed by atoms with E-state index in [1.807, 2.05) is 0 Å². The average molecular weight is 266 g/mol. The van der Waals surface area contributed by atoms with Crippen molar-refractivity contribution in [3.05, 3.63) is 11.8 Å². The Morgan fingerprint density at radius 2 is 2.47 bits per heavy atom. The SMILES string of the molecule is CCCCOC(=O)N1CCCC[C@H]1c1cc(N)n[nH]1. The number of hydrogen-bond donors (Lipinski definition) is 2. The van der Waals surface area contributed by atoms with Gasteiger partial charge >= 0.3 is 6.09 Å². The maximum absolute atomic E-state index is 12.1. The number of piperidine rings is 1. The Bertz CT molecular complexity index is 419. The summed E-state index contributed by atoms with van der Waals surface area (Å²) in [5.41, 5.74) is 6.52. The molecule has 1 atom stereocenters. The zero-order chi connectivity index (χ0) is 13.7. The Labute approximate surface area is 113 Å². The van der Waals surface area contributed by atoms with Gasteiger partial charge in [-0.1, -0.05) is 13.3 Å². The van der Waals surface area contributed by atoms with Crippen LogP contribution in [-0.4, -0.2) is 34.3 Å². The Morgan fingerprint density at radius 1 is 1.63 bits per heavy atom. The lowest BCUT2D eigenvalue weighted by Crippen LogP contribution is -2.39. The van der Waals surface area contributed by atoms with Gasteiger partial charge in [0.2, 0.25) is 0 Å². The van der Waals surface area contributed by atoms with Gasteiger partial charge in [-0.15, -0.1) is 0 Å². The molecule has 1 aliphatic rings. The van der Waals surface area contributed by atoms with Crippen molar-refractivity contribution in [2.45, 2.75) is 45.1 Å². The summed E-state index contributed by atoms with van der Waals surface area (Å²) in [6.45, 7) is 3.29. The first-order valence-electron chi connectivity index (χ1n) is 6.96. The van der Waals surface area contributed by atoms with Crippen molar-refractivity contribution in [2.24, 2.45) is 0 Å². The minimum absolute atomic E-state index is 0.00711. The van der Waals surface area contributed by atoms with Crippen LogP contribution in [0.25, 0.3) is 0 Å². The van der Waals surface area contributed by atoms with Crippen LogP contribution in [0.4, 0.5) is 10.6 Å². The number of rotatable bonds is 4. The van der Waals surface area contributed by atoms with Crippen molar-refractivity contribution in [1.82, 2.24) is 15.1 Å². The molecule has 0 saturated carbocycles. The molecule has 0 aliphatic carbocycles. The topological polar surface area (TPSA) is 84.2 Å². The third-order valence-electron chi connectivity index (χ3n) is 3.44. The summed E-state index contributed by atoms with van der Waals surface area (Å²) >= 11 is 0. The van der Waals surface area contributed by atoms with Crippen LogP contribution >= 0.6 is 0 Å². The van der Waals surface area contributed by atoms with Crippen molar-refractivity contribution in [3.63, 3.8) is 0 Å². The molecular formula is C13H22N4O2. The number of aromatic amines is 1. The van der Waals surface area contributed by atoms with Crippen LogP contribution in [0.5, 0.6) is 0 Å². The summed E-state index contributed by atoms with van der Waals surface area (Å²) in [5.74, 6) is 0.458. The fourth-order valence-electron chi connectivity index (χ4n) is 2.38. The summed E-state index contributed by atoms with van der Waals surface area (Å²) in [6.07, 6.45) is 4.73. The summed E-state index contributed by atoms with van der Waals surface area (Å²) in [4.78, 5) is 13.9. The van der Waals surface area contributed by atoms with Crippen LogP contribution in [0.15, 0.2) is 6.07 Å². The highest BCUT2D eigenvalue weighted by Gasteiger charge is 2.30. The number of nitrogens with zero attached hydrogens (tertiary/aromatic N) is 2. The van der Waals surface area contributed by atoms with Gasteiger partial charge in [0.05, 0.1) is 18.3 Å². The fourth-order valence-corrected chi connectivity index (χ4v) is 2.38.